The molecule has 1 rings (SSSR count). The van der Waals surface area contributed by atoms with Crippen LogP contribution in [0.15, 0.2) is 0 Å². The van der Waals surface area contributed by atoms with Crippen molar-refractivity contribution in [3.8, 4) is 0 Å². The third-order valence-electron chi connectivity index (χ3n) is 2.06. The number of hydrogen-bond acceptors (Lipinski definition) is 4. The van der Waals surface area contributed by atoms with Gasteiger partial charge in [0.25, 0.3) is 0 Å². The molecule has 1 aliphatic heterocycles. The lowest BCUT2D eigenvalue weighted by molar-refractivity contribution is -0.00213. The van der Waals surface area contributed by atoms with Gasteiger partial charge in [0.1, 0.15) is 6.10 Å². The van der Waals surface area contributed by atoms with Gasteiger partial charge in [0.15, 0.2) is 0 Å². The molecule has 0 radical (unpaired) electrons. The molecule has 60 valence electrons. The first kappa shape index (κ1) is 7.94. The van der Waals surface area contributed by atoms with Gasteiger partial charge in [0.2, 0.25) is 0 Å². The molecule has 4 nitrogen and oxygen atoms in total. The van der Waals surface area contributed by atoms with E-state index in [1.807, 2.05) is 0 Å². The van der Waals surface area contributed by atoms with Crippen molar-refractivity contribution in [2.75, 3.05) is 13.2 Å². The van der Waals surface area contributed by atoms with E-state index < -0.39 is 17.7 Å². The Hall–Kier alpha value is -0.160. The van der Waals surface area contributed by atoms with Gasteiger partial charge in [-0.05, 0) is 6.92 Å². The van der Waals surface area contributed by atoms with Gasteiger partial charge in [-0.25, -0.2) is 0 Å². The maximum atomic E-state index is 9.24. The minimum absolute atomic E-state index is 0.161. The van der Waals surface area contributed by atoms with E-state index in [9.17, 15) is 5.11 Å². The van der Waals surface area contributed by atoms with Crippen LogP contribution in [0.1, 0.15) is 6.92 Å². The van der Waals surface area contributed by atoms with E-state index in [1.54, 1.807) is 6.92 Å². The Labute approximate surface area is 59.5 Å². The molecule has 10 heavy (non-hydrogen) atoms. The van der Waals surface area contributed by atoms with Crippen molar-refractivity contribution in [1.82, 2.24) is 5.32 Å². The van der Waals surface area contributed by atoms with Crippen LogP contribution in [-0.2, 0) is 0 Å². The topological polar surface area (TPSA) is 72.7 Å². The second-order valence-corrected chi connectivity index (χ2v) is 2.97. The molecule has 1 aliphatic rings. The van der Waals surface area contributed by atoms with Crippen molar-refractivity contribution >= 4 is 0 Å². The van der Waals surface area contributed by atoms with Crippen LogP contribution in [0.5, 0.6) is 0 Å². The van der Waals surface area contributed by atoms with Gasteiger partial charge >= 0.3 is 0 Å². The SMILES string of the molecule is CC1(CO)NCC(O)C1O. The number of aliphatic hydroxyl groups is 3. The summed E-state index contributed by atoms with van der Waals surface area (Å²) in [6, 6.07) is 0. The second kappa shape index (κ2) is 2.47. The Kier molecular flexibility index (Phi) is 1.96. The summed E-state index contributed by atoms with van der Waals surface area (Å²) in [6.07, 6.45) is -1.62. The Morgan fingerprint density at radius 1 is 1.60 bits per heavy atom. The van der Waals surface area contributed by atoms with Crippen molar-refractivity contribution < 1.29 is 15.3 Å². The minimum Gasteiger partial charge on any atom is -0.394 e. The summed E-state index contributed by atoms with van der Waals surface area (Å²) in [7, 11) is 0. The van der Waals surface area contributed by atoms with E-state index >= 15 is 0 Å². The Balaban J connectivity index is 2.64. The largest absolute Gasteiger partial charge is 0.394 e. The first-order chi connectivity index (χ1) is 4.60. The molecule has 0 aromatic heterocycles. The van der Waals surface area contributed by atoms with Crippen LogP contribution in [-0.4, -0.2) is 46.2 Å². The van der Waals surface area contributed by atoms with Crippen LogP contribution in [0.2, 0.25) is 0 Å². The van der Waals surface area contributed by atoms with Gasteiger partial charge in [-0.3, -0.25) is 0 Å². The third-order valence-corrected chi connectivity index (χ3v) is 2.06. The smallest absolute Gasteiger partial charge is 0.101 e. The zero-order chi connectivity index (χ0) is 7.78. The van der Waals surface area contributed by atoms with E-state index in [0.29, 0.717) is 6.54 Å². The molecule has 1 heterocycles. The van der Waals surface area contributed by atoms with Crippen molar-refractivity contribution in [2.45, 2.75) is 24.7 Å². The van der Waals surface area contributed by atoms with Crippen molar-refractivity contribution in [3.05, 3.63) is 0 Å². The van der Waals surface area contributed by atoms with Crippen LogP contribution in [0.4, 0.5) is 0 Å². The van der Waals surface area contributed by atoms with Crippen LogP contribution in [0.25, 0.3) is 0 Å². The first-order valence-electron chi connectivity index (χ1n) is 3.32. The quantitative estimate of drug-likeness (QED) is 0.348. The van der Waals surface area contributed by atoms with Crippen LogP contribution >= 0.6 is 0 Å². The lowest BCUT2D eigenvalue weighted by Crippen LogP contribution is -2.49. The molecule has 0 aliphatic carbocycles. The lowest BCUT2D eigenvalue weighted by Gasteiger charge is -2.25. The molecule has 0 amide bonds. The summed E-state index contributed by atoms with van der Waals surface area (Å²) in [6.45, 7) is 1.86. The Morgan fingerprint density at radius 3 is 2.40 bits per heavy atom. The van der Waals surface area contributed by atoms with Crippen molar-refractivity contribution in [1.29, 1.82) is 0 Å². The standard InChI is InChI=1S/C6H13NO3/c1-6(3-8)5(10)4(9)2-7-6/h4-5,7-10H,2-3H2,1H3. The van der Waals surface area contributed by atoms with Gasteiger partial charge in [-0.1, -0.05) is 0 Å². The summed E-state index contributed by atoms with van der Waals surface area (Å²) < 4.78 is 0. The fraction of sp³-hybridized carbons (Fsp3) is 1.00. The molecule has 4 heteroatoms. The van der Waals surface area contributed by atoms with Gasteiger partial charge in [0, 0.05) is 6.54 Å². The zero-order valence-electron chi connectivity index (χ0n) is 5.91. The molecule has 0 aromatic rings. The molecule has 3 atom stereocenters. The van der Waals surface area contributed by atoms with Crippen LogP contribution in [0, 0.1) is 0 Å². The number of β-amino-alcohol motifs (C(OH)–C–C–N with tert-alkyl or cyclic N) is 1. The molecule has 0 spiro atoms. The second-order valence-electron chi connectivity index (χ2n) is 2.97. The highest BCUT2D eigenvalue weighted by Gasteiger charge is 2.42. The van der Waals surface area contributed by atoms with Gasteiger partial charge in [-0.2, -0.15) is 0 Å². The number of aliphatic hydroxyl groups excluding tert-OH is 3. The van der Waals surface area contributed by atoms with E-state index in [0.717, 1.165) is 0 Å². The summed E-state index contributed by atoms with van der Waals surface area (Å²) in [5.74, 6) is 0. The van der Waals surface area contributed by atoms with Crippen molar-refractivity contribution in [2.24, 2.45) is 0 Å². The Bertz CT molecular complexity index is 130. The van der Waals surface area contributed by atoms with E-state index in [-0.39, 0.29) is 6.61 Å². The molecule has 1 saturated heterocycles. The molecule has 1 fully saturated rings. The Morgan fingerprint density at radius 2 is 2.20 bits per heavy atom. The highest BCUT2D eigenvalue weighted by atomic mass is 16.3. The van der Waals surface area contributed by atoms with E-state index in [2.05, 4.69) is 5.32 Å². The molecule has 0 bridgehead atoms. The van der Waals surface area contributed by atoms with E-state index in [4.69, 9.17) is 10.2 Å². The number of hydrogen-bond donors (Lipinski definition) is 4. The summed E-state index contributed by atoms with van der Waals surface area (Å²) >= 11 is 0. The minimum atomic E-state index is -0.863. The molecule has 0 aromatic carbocycles. The molecule has 3 unspecified atom stereocenters. The van der Waals surface area contributed by atoms with Gasteiger partial charge < -0.3 is 20.6 Å². The van der Waals surface area contributed by atoms with Crippen molar-refractivity contribution in [3.63, 3.8) is 0 Å². The predicted molar refractivity (Wildman–Crippen MR) is 35.5 cm³/mol. The normalized spacial score (nSPS) is 48.0. The predicted octanol–water partition coefficient (Wildman–Crippen LogP) is -1.94. The maximum Gasteiger partial charge on any atom is 0.101 e. The van der Waals surface area contributed by atoms with Crippen LogP contribution in [0.3, 0.4) is 0 Å². The fourth-order valence-corrected chi connectivity index (χ4v) is 1.13. The monoisotopic (exact) mass is 147 g/mol. The molecule has 4 N–H and O–H groups in total. The molecular weight excluding hydrogens is 134 g/mol. The van der Waals surface area contributed by atoms with Crippen LogP contribution < -0.4 is 5.32 Å². The lowest BCUT2D eigenvalue weighted by atomic mass is 9.97. The fourth-order valence-electron chi connectivity index (χ4n) is 1.13. The molecule has 0 saturated carbocycles. The van der Waals surface area contributed by atoms with Gasteiger partial charge in [-0.15, -0.1) is 0 Å². The van der Waals surface area contributed by atoms with E-state index in [1.165, 1.54) is 0 Å². The molecular formula is C6H13NO3. The average Bonchev–Trinajstić information content (AvgIpc) is 2.19. The zero-order valence-corrected chi connectivity index (χ0v) is 5.91. The highest BCUT2D eigenvalue weighted by molar-refractivity contribution is 5.00. The number of nitrogens with one attached hydrogen (secondary N) is 1. The highest BCUT2D eigenvalue weighted by Crippen LogP contribution is 2.18. The number of rotatable bonds is 1. The summed E-state index contributed by atoms with van der Waals surface area (Å²) in [5, 5.41) is 29.9. The summed E-state index contributed by atoms with van der Waals surface area (Å²) in [5.41, 5.74) is -0.723. The maximum absolute atomic E-state index is 9.24. The first-order valence-corrected chi connectivity index (χ1v) is 3.32. The third kappa shape index (κ3) is 1.03. The van der Waals surface area contributed by atoms with Gasteiger partial charge in [0.05, 0.1) is 18.2 Å². The average molecular weight is 147 g/mol. The summed E-state index contributed by atoms with van der Waals surface area (Å²) in [4.78, 5) is 0.